The summed E-state index contributed by atoms with van der Waals surface area (Å²) in [4.78, 5) is 27.0. The number of nitrogens with zero attached hydrogens (tertiary/aromatic N) is 3. The lowest BCUT2D eigenvalue weighted by Crippen LogP contribution is -2.49. The fourth-order valence-electron chi connectivity index (χ4n) is 2.96. The van der Waals surface area contributed by atoms with Gasteiger partial charge in [0, 0.05) is 49.4 Å². The van der Waals surface area contributed by atoms with E-state index in [9.17, 15) is 14.9 Å². The highest BCUT2D eigenvalue weighted by atomic mass is 35.5. The Morgan fingerprint density at radius 3 is 2.41 bits per heavy atom. The minimum absolute atomic E-state index is 0.00229. The Kier molecular flexibility index (Phi) is 6.26. The topological polar surface area (TPSA) is 75.9 Å². The van der Waals surface area contributed by atoms with E-state index in [1.165, 1.54) is 6.07 Å². The van der Waals surface area contributed by atoms with E-state index in [4.69, 9.17) is 16.3 Å². The number of piperazine rings is 1. The molecule has 1 aliphatic rings. The number of amides is 1. The molecule has 0 N–H and O–H groups in total. The first kappa shape index (κ1) is 19.1. The molecule has 0 aliphatic carbocycles. The SMILES string of the molecule is O=C(c1ccc(Cl)cc1)N1CCN(CCOc2ccccc2[N+](=O)[O-])CC1. The van der Waals surface area contributed by atoms with Crippen LogP contribution >= 0.6 is 11.6 Å². The van der Waals surface area contributed by atoms with Gasteiger partial charge in [0.2, 0.25) is 0 Å². The molecule has 3 rings (SSSR count). The molecule has 0 spiro atoms. The molecule has 1 aliphatic heterocycles. The van der Waals surface area contributed by atoms with Gasteiger partial charge in [0.25, 0.3) is 5.91 Å². The standard InChI is InChI=1S/C19H20ClN3O4/c20-16-7-5-15(6-8-16)19(24)22-11-9-21(10-12-22)13-14-27-18-4-2-1-3-17(18)23(25)26/h1-8H,9-14H2. The summed E-state index contributed by atoms with van der Waals surface area (Å²) in [5.74, 6) is 0.279. The lowest BCUT2D eigenvalue weighted by atomic mass is 10.2. The summed E-state index contributed by atoms with van der Waals surface area (Å²) in [5, 5.41) is 11.6. The van der Waals surface area contributed by atoms with Crippen LogP contribution in [0.1, 0.15) is 10.4 Å². The molecular formula is C19H20ClN3O4. The Bertz CT molecular complexity index is 805. The lowest BCUT2D eigenvalue weighted by molar-refractivity contribution is -0.385. The molecule has 0 saturated carbocycles. The van der Waals surface area contributed by atoms with Gasteiger partial charge in [0.15, 0.2) is 5.75 Å². The van der Waals surface area contributed by atoms with Gasteiger partial charge >= 0.3 is 5.69 Å². The van der Waals surface area contributed by atoms with Crippen molar-refractivity contribution < 1.29 is 14.5 Å². The van der Waals surface area contributed by atoms with Gasteiger partial charge in [-0.25, -0.2) is 0 Å². The van der Waals surface area contributed by atoms with Crippen molar-refractivity contribution in [2.75, 3.05) is 39.3 Å². The maximum Gasteiger partial charge on any atom is 0.310 e. The highest BCUT2D eigenvalue weighted by molar-refractivity contribution is 6.30. The van der Waals surface area contributed by atoms with E-state index in [-0.39, 0.29) is 17.3 Å². The van der Waals surface area contributed by atoms with Crippen LogP contribution in [0, 0.1) is 10.1 Å². The number of carbonyl (C=O) groups is 1. The molecule has 0 radical (unpaired) electrons. The minimum Gasteiger partial charge on any atom is -0.485 e. The van der Waals surface area contributed by atoms with Crippen molar-refractivity contribution in [3.63, 3.8) is 0 Å². The third kappa shape index (κ3) is 4.96. The third-order valence-electron chi connectivity index (χ3n) is 4.48. The number of rotatable bonds is 6. The van der Waals surface area contributed by atoms with Crippen LogP contribution in [0.15, 0.2) is 48.5 Å². The smallest absolute Gasteiger partial charge is 0.310 e. The molecule has 0 bridgehead atoms. The molecule has 142 valence electrons. The molecule has 0 atom stereocenters. The van der Waals surface area contributed by atoms with Crippen molar-refractivity contribution in [1.82, 2.24) is 9.80 Å². The average Bonchev–Trinajstić information content (AvgIpc) is 2.69. The second-order valence-electron chi connectivity index (χ2n) is 6.21. The van der Waals surface area contributed by atoms with Crippen LogP contribution in [-0.4, -0.2) is 60.0 Å². The average molecular weight is 390 g/mol. The van der Waals surface area contributed by atoms with Crippen molar-refractivity contribution in [1.29, 1.82) is 0 Å². The van der Waals surface area contributed by atoms with E-state index < -0.39 is 4.92 Å². The molecule has 1 fully saturated rings. The second kappa shape index (κ2) is 8.83. The van der Waals surface area contributed by atoms with Crippen LogP contribution in [0.4, 0.5) is 5.69 Å². The van der Waals surface area contributed by atoms with Crippen molar-refractivity contribution in [2.45, 2.75) is 0 Å². The molecule has 1 heterocycles. The molecule has 0 aromatic heterocycles. The molecule has 27 heavy (non-hydrogen) atoms. The predicted molar refractivity (Wildman–Crippen MR) is 102 cm³/mol. The van der Waals surface area contributed by atoms with Crippen molar-refractivity contribution in [3.05, 3.63) is 69.2 Å². The first-order chi connectivity index (χ1) is 13.0. The Morgan fingerprint density at radius 2 is 1.74 bits per heavy atom. The number of nitro groups is 1. The van der Waals surface area contributed by atoms with E-state index in [2.05, 4.69) is 4.90 Å². The number of para-hydroxylation sites is 2. The zero-order chi connectivity index (χ0) is 19.2. The van der Waals surface area contributed by atoms with Crippen LogP contribution in [0.2, 0.25) is 5.02 Å². The fraction of sp³-hybridized carbons (Fsp3) is 0.316. The molecular weight excluding hydrogens is 370 g/mol. The van der Waals surface area contributed by atoms with E-state index >= 15 is 0 Å². The summed E-state index contributed by atoms with van der Waals surface area (Å²) in [6.07, 6.45) is 0. The quantitative estimate of drug-likeness (QED) is 0.560. The summed E-state index contributed by atoms with van der Waals surface area (Å²) in [6.45, 7) is 3.74. The number of halogens is 1. The Morgan fingerprint density at radius 1 is 1.07 bits per heavy atom. The number of benzene rings is 2. The van der Waals surface area contributed by atoms with Crippen molar-refractivity contribution in [2.24, 2.45) is 0 Å². The van der Waals surface area contributed by atoms with Gasteiger partial charge in [0.1, 0.15) is 6.61 Å². The molecule has 0 unspecified atom stereocenters. The lowest BCUT2D eigenvalue weighted by Gasteiger charge is -2.34. The first-order valence-corrected chi connectivity index (χ1v) is 9.06. The van der Waals surface area contributed by atoms with Gasteiger partial charge in [-0.3, -0.25) is 19.8 Å². The van der Waals surface area contributed by atoms with Crippen LogP contribution in [0.5, 0.6) is 5.75 Å². The first-order valence-electron chi connectivity index (χ1n) is 8.68. The minimum atomic E-state index is -0.448. The van der Waals surface area contributed by atoms with E-state index in [0.717, 1.165) is 13.1 Å². The highest BCUT2D eigenvalue weighted by Crippen LogP contribution is 2.25. The monoisotopic (exact) mass is 389 g/mol. The van der Waals surface area contributed by atoms with Gasteiger partial charge in [-0.15, -0.1) is 0 Å². The summed E-state index contributed by atoms with van der Waals surface area (Å²) in [5.41, 5.74) is 0.600. The van der Waals surface area contributed by atoms with Crippen molar-refractivity contribution >= 4 is 23.2 Å². The van der Waals surface area contributed by atoms with Gasteiger partial charge in [-0.05, 0) is 30.3 Å². The zero-order valence-electron chi connectivity index (χ0n) is 14.7. The Hall–Kier alpha value is -2.64. The Labute approximate surface area is 162 Å². The summed E-state index contributed by atoms with van der Waals surface area (Å²) >= 11 is 5.86. The summed E-state index contributed by atoms with van der Waals surface area (Å²) < 4.78 is 5.58. The van der Waals surface area contributed by atoms with Crippen LogP contribution in [0.3, 0.4) is 0 Å². The van der Waals surface area contributed by atoms with Crippen LogP contribution < -0.4 is 4.74 Å². The fourth-order valence-corrected chi connectivity index (χ4v) is 3.09. The van der Waals surface area contributed by atoms with Gasteiger partial charge in [-0.1, -0.05) is 23.7 Å². The Balaban J connectivity index is 1.45. The highest BCUT2D eigenvalue weighted by Gasteiger charge is 2.22. The molecule has 2 aromatic rings. The number of ether oxygens (including phenoxy) is 1. The molecule has 1 saturated heterocycles. The number of hydrogen-bond acceptors (Lipinski definition) is 5. The molecule has 8 heteroatoms. The van der Waals surface area contributed by atoms with E-state index in [1.807, 2.05) is 4.90 Å². The number of nitro benzene ring substituents is 1. The van der Waals surface area contributed by atoms with Gasteiger partial charge < -0.3 is 9.64 Å². The van der Waals surface area contributed by atoms with Crippen LogP contribution in [-0.2, 0) is 0 Å². The zero-order valence-corrected chi connectivity index (χ0v) is 15.5. The normalized spacial score (nSPS) is 14.8. The predicted octanol–water partition coefficient (Wildman–Crippen LogP) is 3.09. The largest absolute Gasteiger partial charge is 0.485 e. The second-order valence-corrected chi connectivity index (χ2v) is 6.65. The van der Waals surface area contributed by atoms with E-state index in [1.54, 1.807) is 42.5 Å². The maximum absolute atomic E-state index is 12.5. The maximum atomic E-state index is 12.5. The summed E-state index contributed by atoms with van der Waals surface area (Å²) in [6, 6.07) is 13.2. The number of hydrogen-bond donors (Lipinski definition) is 0. The van der Waals surface area contributed by atoms with Crippen molar-refractivity contribution in [3.8, 4) is 5.75 Å². The van der Waals surface area contributed by atoms with Gasteiger partial charge in [0.05, 0.1) is 4.92 Å². The summed E-state index contributed by atoms with van der Waals surface area (Å²) in [7, 11) is 0. The molecule has 1 amide bonds. The molecule has 2 aromatic carbocycles. The third-order valence-corrected chi connectivity index (χ3v) is 4.73. The van der Waals surface area contributed by atoms with Crippen LogP contribution in [0.25, 0.3) is 0 Å². The van der Waals surface area contributed by atoms with E-state index in [0.29, 0.717) is 36.8 Å². The van der Waals surface area contributed by atoms with Gasteiger partial charge in [-0.2, -0.15) is 0 Å². The number of carbonyl (C=O) groups excluding carboxylic acids is 1. The molecule has 7 nitrogen and oxygen atoms in total.